The quantitative estimate of drug-likeness (QED) is 0.579. The van der Waals surface area contributed by atoms with E-state index < -0.39 is 11.2 Å². The Labute approximate surface area is 78.7 Å². The third-order valence-corrected chi connectivity index (χ3v) is 2.76. The molecule has 1 rings (SSSR count). The normalized spacial score (nSPS) is 35.8. The SMILES string of the molecule is CC(C)(O)[C@H]1C=C(O)[C@@](C)(O)CC1. The van der Waals surface area contributed by atoms with Gasteiger partial charge < -0.3 is 15.3 Å². The minimum atomic E-state index is -1.11. The Morgan fingerprint density at radius 3 is 2.46 bits per heavy atom. The lowest BCUT2D eigenvalue weighted by atomic mass is 9.78. The summed E-state index contributed by atoms with van der Waals surface area (Å²) >= 11 is 0. The van der Waals surface area contributed by atoms with Crippen LogP contribution >= 0.6 is 0 Å². The maximum Gasteiger partial charge on any atom is 0.120 e. The molecule has 3 N–H and O–H groups in total. The van der Waals surface area contributed by atoms with Gasteiger partial charge >= 0.3 is 0 Å². The molecule has 0 fully saturated rings. The molecule has 0 radical (unpaired) electrons. The summed E-state index contributed by atoms with van der Waals surface area (Å²) in [6.07, 6.45) is 2.74. The van der Waals surface area contributed by atoms with Crippen LogP contribution in [0.4, 0.5) is 0 Å². The molecular weight excluding hydrogens is 168 g/mol. The second-order valence-electron chi connectivity index (χ2n) is 4.62. The van der Waals surface area contributed by atoms with Crippen LogP contribution in [0.5, 0.6) is 0 Å². The van der Waals surface area contributed by atoms with Gasteiger partial charge in [0, 0.05) is 5.92 Å². The van der Waals surface area contributed by atoms with Crippen LogP contribution in [-0.4, -0.2) is 26.5 Å². The zero-order chi connectivity index (χ0) is 10.3. The van der Waals surface area contributed by atoms with Gasteiger partial charge in [-0.15, -0.1) is 0 Å². The second kappa shape index (κ2) is 3.00. The van der Waals surface area contributed by atoms with Gasteiger partial charge in [0.25, 0.3) is 0 Å². The van der Waals surface area contributed by atoms with E-state index in [4.69, 9.17) is 0 Å². The molecule has 0 spiro atoms. The number of rotatable bonds is 1. The van der Waals surface area contributed by atoms with Gasteiger partial charge in [-0.2, -0.15) is 0 Å². The average molecular weight is 186 g/mol. The highest BCUT2D eigenvalue weighted by Crippen LogP contribution is 2.35. The maximum absolute atomic E-state index is 9.69. The van der Waals surface area contributed by atoms with Gasteiger partial charge in [0.2, 0.25) is 0 Å². The van der Waals surface area contributed by atoms with Gasteiger partial charge in [-0.25, -0.2) is 0 Å². The largest absolute Gasteiger partial charge is 0.510 e. The predicted molar refractivity (Wildman–Crippen MR) is 50.4 cm³/mol. The van der Waals surface area contributed by atoms with Crippen molar-refractivity contribution in [2.45, 2.75) is 44.8 Å². The van der Waals surface area contributed by atoms with Crippen LogP contribution < -0.4 is 0 Å². The van der Waals surface area contributed by atoms with Gasteiger partial charge in [0.15, 0.2) is 0 Å². The molecule has 0 bridgehead atoms. The molecule has 0 saturated carbocycles. The first-order valence-corrected chi connectivity index (χ1v) is 4.59. The number of hydrogen-bond donors (Lipinski definition) is 3. The third kappa shape index (κ3) is 2.23. The van der Waals surface area contributed by atoms with E-state index in [2.05, 4.69) is 0 Å². The van der Waals surface area contributed by atoms with Crippen LogP contribution in [0.2, 0.25) is 0 Å². The van der Waals surface area contributed by atoms with E-state index in [0.29, 0.717) is 12.8 Å². The van der Waals surface area contributed by atoms with Crippen LogP contribution in [0.25, 0.3) is 0 Å². The fourth-order valence-electron chi connectivity index (χ4n) is 1.58. The maximum atomic E-state index is 9.69. The molecule has 0 aliphatic heterocycles. The fraction of sp³-hybridized carbons (Fsp3) is 0.800. The summed E-state index contributed by atoms with van der Waals surface area (Å²) in [6, 6.07) is 0. The van der Waals surface area contributed by atoms with Gasteiger partial charge in [0.1, 0.15) is 11.4 Å². The Morgan fingerprint density at radius 2 is 2.08 bits per heavy atom. The molecule has 0 aromatic carbocycles. The molecule has 0 aromatic heterocycles. The Kier molecular flexibility index (Phi) is 2.43. The van der Waals surface area contributed by atoms with Crippen LogP contribution in [-0.2, 0) is 0 Å². The Hall–Kier alpha value is -0.540. The van der Waals surface area contributed by atoms with Crippen molar-refractivity contribution in [1.82, 2.24) is 0 Å². The Morgan fingerprint density at radius 1 is 1.54 bits per heavy atom. The molecule has 0 aromatic rings. The molecule has 2 atom stereocenters. The molecule has 1 aliphatic rings. The number of aliphatic hydroxyl groups excluding tert-OH is 1. The van der Waals surface area contributed by atoms with Gasteiger partial charge in [-0.3, -0.25) is 0 Å². The summed E-state index contributed by atoms with van der Waals surface area (Å²) in [6.45, 7) is 5.00. The van der Waals surface area contributed by atoms with Crippen molar-refractivity contribution >= 4 is 0 Å². The molecule has 3 heteroatoms. The van der Waals surface area contributed by atoms with Crippen LogP contribution in [0.15, 0.2) is 11.8 Å². The zero-order valence-electron chi connectivity index (χ0n) is 8.41. The van der Waals surface area contributed by atoms with Crippen molar-refractivity contribution in [3.63, 3.8) is 0 Å². The van der Waals surface area contributed by atoms with Crippen molar-refractivity contribution in [1.29, 1.82) is 0 Å². The van der Waals surface area contributed by atoms with Crippen LogP contribution in [0.1, 0.15) is 33.6 Å². The van der Waals surface area contributed by atoms with E-state index in [9.17, 15) is 15.3 Å². The number of hydrogen-bond acceptors (Lipinski definition) is 3. The molecular formula is C10H18O3. The molecule has 76 valence electrons. The lowest BCUT2D eigenvalue weighted by molar-refractivity contribution is -0.0119. The highest BCUT2D eigenvalue weighted by atomic mass is 16.3. The first-order chi connectivity index (χ1) is 5.73. The number of aliphatic hydroxyl groups is 3. The molecule has 0 saturated heterocycles. The zero-order valence-corrected chi connectivity index (χ0v) is 8.41. The smallest absolute Gasteiger partial charge is 0.120 e. The molecule has 0 heterocycles. The highest BCUT2D eigenvalue weighted by Gasteiger charge is 2.36. The van der Waals surface area contributed by atoms with E-state index in [0.717, 1.165) is 0 Å². The predicted octanol–water partition coefficient (Wildman–Crippen LogP) is 1.36. The first-order valence-electron chi connectivity index (χ1n) is 4.59. The van der Waals surface area contributed by atoms with Crippen molar-refractivity contribution in [3.8, 4) is 0 Å². The highest BCUT2D eigenvalue weighted by molar-refractivity contribution is 5.14. The summed E-state index contributed by atoms with van der Waals surface area (Å²) < 4.78 is 0. The summed E-state index contributed by atoms with van der Waals surface area (Å²) in [4.78, 5) is 0. The minimum absolute atomic E-state index is 0.0223. The monoisotopic (exact) mass is 186 g/mol. The molecule has 1 aliphatic carbocycles. The fourth-order valence-corrected chi connectivity index (χ4v) is 1.58. The molecule has 0 amide bonds. The lowest BCUT2D eigenvalue weighted by Gasteiger charge is -2.35. The van der Waals surface area contributed by atoms with Gasteiger partial charge in [0.05, 0.1) is 5.60 Å². The Balaban J connectivity index is 2.84. The van der Waals surface area contributed by atoms with E-state index in [1.54, 1.807) is 26.8 Å². The topological polar surface area (TPSA) is 60.7 Å². The van der Waals surface area contributed by atoms with E-state index >= 15 is 0 Å². The average Bonchev–Trinajstić information content (AvgIpc) is 1.92. The van der Waals surface area contributed by atoms with Crippen molar-refractivity contribution in [2.24, 2.45) is 5.92 Å². The lowest BCUT2D eigenvalue weighted by Crippen LogP contribution is -2.38. The Bertz CT molecular complexity index is 223. The first kappa shape index (κ1) is 10.5. The van der Waals surface area contributed by atoms with Gasteiger partial charge in [-0.1, -0.05) is 0 Å². The summed E-state index contributed by atoms with van der Waals surface area (Å²) in [5.41, 5.74) is -1.94. The van der Waals surface area contributed by atoms with E-state index in [1.807, 2.05) is 0 Å². The van der Waals surface area contributed by atoms with Crippen LogP contribution in [0.3, 0.4) is 0 Å². The van der Waals surface area contributed by atoms with Crippen molar-refractivity contribution < 1.29 is 15.3 Å². The summed E-state index contributed by atoms with van der Waals surface area (Å²) in [7, 11) is 0. The molecule has 3 nitrogen and oxygen atoms in total. The standard InChI is InChI=1S/C10H18O3/c1-9(2,12)7-4-5-10(3,13)8(11)6-7/h6-7,11-13H,4-5H2,1-3H3/t7-,10+/m1/s1. The van der Waals surface area contributed by atoms with Gasteiger partial charge in [-0.05, 0) is 39.7 Å². The molecule has 13 heavy (non-hydrogen) atoms. The molecule has 0 unspecified atom stereocenters. The van der Waals surface area contributed by atoms with E-state index in [-0.39, 0.29) is 11.7 Å². The van der Waals surface area contributed by atoms with Crippen molar-refractivity contribution in [3.05, 3.63) is 11.8 Å². The summed E-state index contributed by atoms with van der Waals surface area (Å²) in [5.74, 6) is -0.0985. The van der Waals surface area contributed by atoms with Crippen LogP contribution in [0, 0.1) is 5.92 Å². The summed E-state index contributed by atoms with van der Waals surface area (Å²) in [5, 5.41) is 28.8. The third-order valence-electron chi connectivity index (χ3n) is 2.76. The second-order valence-corrected chi connectivity index (χ2v) is 4.62. The minimum Gasteiger partial charge on any atom is -0.510 e. The van der Waals surface area contributed by atoms with Crippen molar-refractivity contribution in [2.75, 3.05) is 0 Å². The van der Waals surface area contributed by atoms with E-state index in [1.165, 1.54) is 0 Å².